The molecule has 2 aromatic carbocycles. The lowest BCUT2D eigenvalue weighted by atomic mass is 10.1. The summed E-state index contributed by atoms with van der Waals surface area (Å²) in [5, 5.41) is 7.34. The third-order valence-corrected chi connectivity index (χ3v) is 4.73. The minimum atomic E-state index is -0.354. The van der Waals surface area contributed by atoms with Crippen LogP contribution in [0, 0.1) is 0 Å². The van der Waals surface area contributed by atoms with Crippen molar-refractivity contribution in [3.8, 4) is 11.3 Å². The molecule has 0 saturated carbocycles. The number of benzene rings is 2. The lowest BCUT2D eigenvalue weighted by Crippen LogP contribution is -2.10. The molecule has 0 radical (unpaired) electrons. The van der Waals surface area contributed by atoms with Gasteiger partial charge in [-0.2, -0.15) is 0 Å². The van der Waals surface area contributed by atoms with Gasteiger partial charge in [-0.3, -0.25) is 4.79 Å². The number of aromatic nitrogens is 1. The number of nitrogens with one attached hydrogen (secondary N) is 2. The van der Waals surface area contributed by atoms with Gasteiger partial charge in [-0.15, -0.1) is 0 Å². The third kappa shape index (κ3) is 2.60. The Morgan fingerprint density at radius 3 is 2.85 bits per heavy atom. The zero-order chi connectivity index (χ0) is 18.3. The van der Waals surface area contributed by atoms with E-state index in [0.717, 1.165) is 33.5 Å². The Labute approximate surface area is 150 Å². The molecule has 0 spiro atoms. The molecule has 0 atom stereocenters. The van der Waals surface area contributed by atoms with E-state index in [1.165, 1.54) is 7.11 Å². The SMILES string of the molecule is COC(=O)c1ccc2cc(-c3cccc4c3NCCC(=O)N4)n(C)c2c1. The van der Waals surface area contributed by atoms with Gasteiger partial charge in [0.2, 0.25) is 5.91 Å². The first-order valence-electron chi connectivity index (χ1n) is 8.43. The molecule has 0 bridgehead atoms. The van der Waals surface area contributed by atoms with Gasteiger partial charge in [-0.1, -0.05) is 18.2 Å². The molecule has 1 amide bonds. The monoisotopic (exact) mass is 349 g/mol. The molecular formula is C20H19N3O3. The van der Waals surface area contributed by atoms with Crippen LogP contribution in [0.5, 0.6) is 0 Å². The van der Waals surface area contributed by atoms with Crippen LogP contribution in [0.15, 0.2) is 42.5 Å². The first kappa shape index (κ1) is 16.2. The molecule has 2 heterocycles. The highest BCUT2D eigenvalue weighted by Gasteiger charge is 2.19. The first-order valence-corrected chi connectivity index (χ1v) is 8.43. The molecule has 1 aromatic heterocycles. The van der Waals surface area contributed by atoms with Crippen molar-refractivity contribution in [1.29, 1.82) is 0 Å². The summed E-state index contributed by atoms with van der Waals surface area (Å²) < 4.78 is 6.86. The second-order valence-corrected chi connectivity index (χ2v) is 6.31. The summed E-state index contributed by atoms with van der Waals surface area (Å²) in [5.41, 5.74) is 5.16. The van der Waals surface area contributed by atoms with Crippen molar-refractivity contribution in [2.45, 2.75) is 6.42 Å². The lowest BCUT2D eigenvalue weighted by molar-refractivity contribution is -0.115. The van der Waals surface area contributed by atoms with E-state index in [4.69, 9.17) is 4.74 Å². The van der Waals surface area contributed by atoms with Gasteiger partial charge < -0.3 is 19.9 Å². The highest BCUT2D eigenvalue weighted by atomic mass is 16.5. The van der Waals surface area contributed by atoms with E-state index in [1.807, 2.05) is 41.9 Å². The number of fused-ring (bicyclic) bond motifs is 2. The largest absolute Gasteiger partial charge is 0.465 e. The van der Waals surface area contributed by atoms with Crippen LogP contribution < -0.4 is 10.6 Å². The summed E-state index contributed by atoms with van der Waals surface area (Å²) in [5.74, 6) is -0.347. The molecule has 0 unspecified atom stereocenters. The average Bonchev–Trinajstić information content (AvgIpc) is 2.84. The van der Waals surface area contributed by atoms with E-state index in [9.17, 15) is 9.59 Å². The fourth-order valence-electron chi connectivity index (χ4n) is 3.41. The normalized spacial score (nSPS) is 13.5. The molecule has 0 saturated heterocycles. The summed E-state index contributed by atoms with van der Waals surface area (Å²) in [6.45, 7) is 0.590. The number of nitrogens with zero attached hydrogens (tertiary/aromatic N) is 1. The quantitative estimate of drug-likeness (QED) is 0.696. The van der Waals surface area contributed by atoms with Crippen molar-refractivity contribution < 1.29 is 14.3 Å². The van der Waals surface area contributed by atoms with Crippen LogP contribution in [0.2, 0.25) is 0 Å². The molecule has 6 nitrogen and oxygen atoms in total. The van der Waals surface area contributed by atoms with Crippen molar-refractivity contribution >= 4 is 34.2 Å². The number of amides is 1. The topological polar surface area (TPSA) is 72.4 Å². The molecule has 2 N–H and O–H groups in total. The van der Waals surface area contributed by atoms with Crippen LogP contribution >= 0.6 is 0 Å². The highest BCUT2D eigenvalue weighted by Crippen LogP contribution is 2.37. The van der Waals surface area contributed by atoms with Crippen molar-refractivity contribution in [3.05, 3.63) is 48.0 Å². The predicted molar refractivity (Wildman–Crippen MR) is 101 cm³/mol. The van der Waals surface area contributed by atoms with Crippen LogP contribution in [0.4, 0.5) is 11.4 Å². The summed E-state index contributed by atoms with van der Waals surface area (Å²) >= 11 is 0. The number of para-hydroxylation sites is 1. The summed E-state index contributed by atoms with van der Waals surface area (Å²) in [6, 6.07) is 13.5. The van der Waals surface area contributed by atoms with E-state index in [0.29, 0.717) is 18.5 Å². The Hall–Kier alpha value is -3.28. The molecule has 1 aliphatic heterocycles. The molecule has 132 valence electrons. The fourth-order valence-corrected chi connectivity index (χ4v) is 3.41. The Kier molecular flexibility index (Phi) is 3.88. The number of aryl methyl sites for hydroxylation is 1. The number of methoxy groups -OCH3 is 1. The van der Waals surface area contributed by atoms with Crippen molar-refractivity contribution in [2.24, 2.45) is 7.05 Å². The summed E-state index contributed by atoms with van der Waals surface area (Å²) in [7, 11) is 3.34. The minimum absolute atomic E-state index is 0.00756. The number of carbonyl (C=O) groups is 2. The number of hydrogen-bond donors (Lipinski definition) is 2. The summed E-state index contributed by atoms with van der Waals surface area (Å²) in [6.07, 6.45) is 0.436. The lowest BCUT2D eigenvalue weighted by Gasteiger charge is -2.14. The number of anilines is 2. The molecular weight excluding hydrogens is 330 g/mol. The Morgan fingerprint density at radius 1 is 1.19 bits per heavy atom. The zero-order valence-electron chi connectivity index (χ0n) is 14.6. The second-order valence-electron chi connectivity index (χ2n) is 6.31. The van der Waals surface area contributed by atoms with Gasteiger partial charge in [0, 0.05) is 36.5 Å². The van der Waals surface area contributed by atoms with Gasteiger partial charge in [0.25, 0.3) is 0 Å². The van der Waals surface area contributed by atoms with Crippen LogP contribution in [0.3, 0.4) is 0 Å². The van der Waals surface area contributed by atoms with Gasteiger partial charge in [0.05, 0.1) is 29.7 Å². The molecule has 26 heavy (non-hydrogen) atoms. The van der Waals surface area contributed by atoms with E-state index < -0.39 is 0 Å². The van der Waals surface area contributed by atoms with Gasteiger partial charge in [0.15, 0.2) is 0 Å². The third-order valence-electron chi connectivity index (χ3n) is 4.73. The Morgan fingerprint density at radius 2 is 2.04 bits per heavy atom. The first-order chi connectivity index (χ1) is 12.6. The van der Waals surface area contributed by atoms with Gasteiger partial charge in [-0.25, -0.2) is 4.79 Å². The van der Waals surface area contributed by atoms with Gasteiger partial charge in [0.1, 0.15) is 0 Å². The maximum absolute atomic E-state index is 11.8. The van der Waals surface area contributed by atoms with Crippen molar-refractivity contribution in [3.63, 3.8) is 0 Å². The van der Waals surface area contributed by atoms with Crippen LogP contribution in [0.1, 0.15) is 16.8 Å². The summed E-state index contributed by atoms with van der Waals surface area (Å²) in [4.78, 5) is 23.7. The molecule has 1 aliphatic rings. The number of rotatable bonds is 2. The van der Waals surface area contributed by atoms with E-state index in [2.05, 4.69) is 16.7 Å². The number of hydrogen-bond acceptors (Lipinski definition) is 4. The minimum Gasteiger partial charge on any atom is -0.465 e. The Balaban J connectivity index is 1.88. The van der Waals surface area contributed by atoms with E-state index >= 15 is 0 Å². The standard InChI is InChI=1S/C20H19N3O3/c1-23-16-11-13(20(25)26-2)7-6-12(16)10-17(23)14-4-3-5-15-19(14)21-9-8-18(24)22-15/h3-7,10-11,21H,8-9H2,1-2H3,(H,22,24). The number of ether oxygens (including phenoxy) is 1. The maximum atomic E-state index is 11.8. The predicted octanol–water partition coefficient (Wildman–Crippen LogP) is 3.39. The average molecular weight is 349 g/mol. The highest BCUT2D eigenvalue weighted by molar-refractivity contribution is 6.01. The van der Waals surface area contributed by atoms with E-state index in [-0.39, 0.29) is 11.9 Å². The molecule has 6 heteroatoms. The van der Waals surface area contributed by atoms with Gasteiger partial charge in [-0.05, 0) is 24.3 Å². The van der Waals surface area contributed by atoms with Crippen LogP contribution in [0.25, 0.3) is 22.2 Å². The van der Waals surface area contributed by atoms with Gasteiger partial charge >= 0.3 is 5.97 Å². The smallest absolute Gasteiger partial charge is 0.337 e. The van der Waals surface area contributed by atoms with Crippen LogP contribution in [-0.2, 0) is 16.6 Å². The van der Waals surface area contributed by atoms with Crippen LogP contribution in [-0.4, -0.2) is 30.1 Å². The molecule has 4 rings (SSSR count). The van der Waals surface area contributed by atoms with E-state index in [1.54, 1.807) is 6.07 Å². The zero-order valence-corrected chi connectivity index (χ0v) is 14.6. The van der Waals surface area contributed by atoms with Crippen molar-refractivity contribution in [1.82, 2.24) is 4.57 Å². The molecule has 3 aromatic rings. The maximum Gasteiger partial charge on any atom is 0.337 e. The number of esters is 1. The van der Waals surface area contributed by atoms with Crippen molar-refractivity contribution in [2.75, 3.05) is 24.3 Å². The second kappa shape index (κ2) is 6.22. The fraction of sp³-hybridized carbons (Fsp3) is 0.200. The number of carbonyl (C=O) groups excluding carboxylic acids is 2. The molecule has 0 aliphatic carbocycles. The Bertz CT molecular complexity index is 1040. The molecule has 0 fully saturated rings.